The number of nitrogens with two attached hydrogens (primary N) is 1. The molecule has 0 spiro atoms. The van der Waals surface area contributed by atoms with E-state index in [2.05, 4.69) is 22.7 Å². The van der Waals surface area contributed by atoms with E-state index in [0.717, 1.165) is 31.4 Å². The Morgan fingerprint density at radius 1 is 1.37 bits per heavy atom. The van der Waals surface area contributed by atoms with Gasteiger partial charge >= 0.3 is 6.18 Å². The fourth-order valence-electron chi connectivity index (χ4n) is 2.15. The smallest absolute Gasteiger partial charge is 0.367 e. The molecular formula is C12H17F3N4. The average molecular weight is 274 g/mol. The van der Waals surface area contributed by atoms with Crippen molar-refractivity contribution in [1.82, 2.24) is 4.98 Å². The van der Waals surface area contributed by atoms with Crippen molar-refractivity contribution in [2.45, 2.75) is 38.4 Å². The van der Waals surface area contributed by atoms with E-state index < -0.39 is 11.7 Å². The number of alkyl halides is 3. The van der Waals surface area contributed by atoms with Gasteiger partial charge in [-0.05, 0) is 30.9 Å². The summed E-state index contributed by atoms with van der Waals surface area (Å²) in [6.07, 6.45) is -1.26. The highest BCUT2D eigenvalue weighted by atomic mass is 19.4. The van der Waals surface area contributed by atoms with Gasteiger partial charge in [-0.2, -0.15) is 13.2 Å². The minimum absolute atomic E-state index is 0.00464. The first-order valence-electron chi connectivity index (χ1n) is 6.26. The van der Waals surface area contributed by atoms with Gasteiger partial charge in [0.05, 0.1) is 5.56 Å². The predicted octanol–water partition coefficient (Wildman–Crippen LogP) is 2.99. The molecule has 106 valence electrons. The molecule has 1 heterocycles. The van der Waals surface area contributed by atoms with E-state index in [0.29, 0.717) is 5.92 Å². The van der Waals surface area contributed by atoms with E-state index in [1.165, 1.54) is 0 Å². The van der Waals surface area contributed by atoms with Crippen LogP contribution >= 0.6 is 0 Å². The van der Waals surface area contributed by atoms with Crippen LogP contribution in [0.1, 0.15) is 31.7 Å². The van der Waals surface area contributed by atoms with Gasteiger partial charge in [-0.1, -0.05) is 13.3 Å². The van der Waals surface area contributed by atoms with Crippen molar-refractivity contribution in [3.63, 3.8) is 0 Å². The van der Waals surface area contributed by atoms with Gasteiger partial charge in [-0.25, -0.2) is 10.8 Å². The van der Waals surface area contributed by atoms with E-state index in [1.54, 1.807) is 0 Å². The van der Waals surface area contributed by atoms with Crippen LogP contribution in [0.4, 0.5) is 24.8 Å². The third kappa shape index (κ3) is 3.50. The molecule has 1 fully saturated rings. The number of nitrogens with zero attached hydrogens (tertiary/aromatic N) is 1. The molecule has 1 saturated carbocycles. The van der Waals surface area contributed by atoms with Crippen molar-refractivity contribution in [2.24, 2.45) is 11.8 Å². The molecule has 2 unspecified atom stereocenters. The lowest BCUT2D eigenvalue weighted by Gasteiger charge is -2.12. The van der Waals surface area contributed by atoms with Crippen molar-refractivity contribution in [3.8, 4) is 0 Å². The summed E-state index contributed by atoms with van der Waals surface area (Å²) < 4.78 is 38.1. The predicted molar refractivity (Wildman–Crippen MR) is 67.5 cm³/mol. The quantitative estimate of drug-likeness (QED) is 0.570. The van der Waals surface area contributed by atoms with Gasteiger partial charge in [0.25, 0.3) is 0 Å². The van der Waals surface area contributed by atoms with Crippen LogP contribution in [-0.2, 0) is 6.18 Å². The monoisotopic (exact) mass is 274 g/mol. The number of hydrazine groups is 1. The summed E-state index contributed by atoms with van der Waals surface area (Å²) in [4.78, 5) is 3.99. The van der Waals surface area contributed by atoms with Crippen LogP contribution in [0.3, 0.4) is 0 Å². The zero-order valence-corrected chi connectivity index (χ0v) is 10.6. The first-order valence-corrected chi connectivity index (χ1v) is 6.26. The van der Waals surface area contributed by atoms with Gasteiger partial charge in [0.1, 0.15) is 11.6 Å². The van der Waals surface area contributed by atoms with E-state index in [1.807, 2.05) is 0 Å². The summed E-state index contributed by atoms with van der Waals surface area (Å²) in [5.74, 6) is 5.90. The highest BCUT2D eigenvalue weighted by Crippen LogP contribution is 2.38. The number of hydrogen-bond acceptors (Lipinski definition) is 4. The van der Waals surface area contributed by atoms with Gasteiger partial charge in [-0.15, -0.1) is 0 Å². The lowest BCUT2D eigenvalue weighted by Crippen LogP contribution is -2.15. The fraction of sp³-hybridized carbons (Fsp3) is 0.583. The van der Waals surface area contributed by atoms with Gasteiger partial charge in [0.15, 0.2) is 0 Å². The minimum atomic E-state index is -4.41. The van der Waals surface area contributed by atoms with Crippen molar-refractivity contribution in [3.05, 3.63) is 17.7 Å². The second kappa shape index (κ2) is 5.24. The maximum atomic E-state index is 12.7. The van der Waals surface area contributed by atoms with Crippen LogP contribution in [0.15, 0.2) is 12.1 Å². The molecule has 4 N–H and O–H groups in total. The van der Waals surface area contributed by atoms with E-state index >= 15 is 0 Å². The first-order chi connectivity index (χ1) is 8.94. The highest BCUT2D eigenvalue weighted by molar-refractivity contribution is 5.50. The number of aromatic nitrogens is 1. The Hall–Kier alpha value is -1.50. The molecule has 0 saturated heterocycles. The number of hydrogen-bond donors (Lipinski definition) is 3. The first kappa shape index (κ1) is 13.9. The maximum absolute atomic E-state index is 12.7. The van der Waals surface area contributed by atoms with Crippen LogP contribution in [0.5, 0.6) is 0 Å². The number of anilines is 2. The molecule has 0 aliphatic heterocycles. The lowest BCUT2D eigenvalue weighted by molar-refractivity contribution is -0.137. The summed E-state index contributed by atoms with van der Waals surface area (Å²) in [7, 11) is 0. The standard InChI is InChI=1S/C12H17F3N4/c1-2-3-7-4-9(7)17-10-5-8(12(13,14)15)6-11(18-10)19-16/h5-7,9H,2-4,16H2,1H3,(H2,17,18,19). The summed E-state index contributed by atoms with van der Waals surface area (Å²) in [5.41, 5.74) is 1.40. The van der Waals surface area contributed by atoms with Crippen LogP contribution in [-0.4, -0.2) is 11.0 Å². The Bertz CT molecular complexity index is 447. The Labute approximate surface area is 109 Å². The van der Waals surface area contributed by atoms with Gasteiger partial charge < -0.3 is 10.7 Å². The second-order valence-electron chi connectivity index (χ2n) is 4.80. The fourth-order valence-corrected chi connectivity index (χ4v) is 2.15. The molecule has 1 aromatic heterocycles. The summed E-state index contributed by atoms with van der Waals surface area (Å²) in [6.45, 7) is 2.09. The second-order valence-corrected chi connectivity index (χ2v) is 4.80. The minimum Gasteiger partial charge on any atom is -0.367 e. The molecule has 1 aliphatic carbocycles. The lowest BCUT2D eigenvalue weighted by atomic mass is 10.2. The number of nitrogens with one attached hydrogen (secondary N) is 2. The topological polar surface area (TPSA) is 63.0 Å². The molecule has 2 rings (SSSR count). The molecule has 1 aromatic rings. The number of nitrogen functional groups attached to an aromatic ring is 1. The Kier molecular flexibility index (Phi) is 3.84. The normalized spacial score (nSPS) is 22.2. The SMILES string of the molecule is CCCC1CC1Nc1cc(C(F)(F)F)cc(NN)n1. The Balaban J connectivity index is 2.12. The molecule has 1 aliphatic rings. The van der Waals surface area contributed by atoms with Crippen molar-refractivity contribution in [2.75, 3.05) is 10.7 Å². The van der Waals surface area contributed by atoms with Crippen molar-refractivity contribution >= 4 is 11.6 Å². The van der Waals surface area contributed by atoms with Crippen molar-refractivity contribution < 1.29 is 13.2 Å². The van der Waals surface area contributed by atoms with Crippen LogP contribution in [0.2, 0.25) is 0 Å². The molecule has 0 aromatic carbocycles. The van der Waals surface area contributed by atoms with Gasteiger partial charge in [-0.3, -0.25) is 0 Å². The summed E-state index contributed by atoms with van der Waals surface area (Å²) in [5, 5.41) is 3.03. The zero-order valence-electron chi connectivity index (χ0n) is 10.6. The van der Waals surface area contributed by atoms with E-state index in [4.69, 9.17) is 5.84 Å². The average Bonchev–Trinajstić information content (AvgIpc) is 3.06. The van der Waals surface area contributed by atoms with Crippen LogP contribution < -0.4 is 16.6 Å². The Morgan fingerprint density at radius 2 is 2.05 bits per heavy atom. The van der Waals surface area contributed by atoms with Crippen LogP contribution in [0, 0.1) is 5.92 Å². The van der Waals surface area contributed by atoms with E-state index in [-0.39, 0.29) is 17.7 Å². The third-order valence-electron chi connectivity index (χ3n) is 3.22. The summed E-state index contributed by atoms with van der Waals surface area (Å²) >= 11 is 0. The van der Waals surface area contributed by atoms with E-state index in [9.17, 15) is 13.2 Å². The van der Waals surface area contributed by atoms with Gasteiger partial charge in [0.2, 0.25) is 0 Å². The Morgan fingerprint density at radius 3 is 2.63 bits per heavy atom. The number of rotatable bonds is 5. The molecule has 0 amide bonds. The molecular weight excluding hydrogens is 257 g/mol. The van der Waals surface area contributed by atoms with Crippen molar-refractivity contribution in [1.29, 1.82) is 0 Å². The highest BCUT2D eigenvalue weighted by Gasteiger charge is 2.37. The molecule has 7 heteroatoms. The summed E-state index contributed by atoms with van der Waals surface area (Å²) in [6, 6.07) is 2.13. The zero-order chi connectivity index (χ0) is 14.0. The largest absolute Gasteiger partial charge is 0.416 e. The molecule has 4 nitrogen and oxygen atoms in total. The molecule has 19 heavy (non-hydrogen) atoms. The number of halogens is 3. The number of pyridine rings is 1. The molecule has 0 bridgehead atoms. The maximum Gasteiger partial charge on any atom is 0.416 e. The van der Waals surface area contributed by atoms with Crippen LogP contribution in [0.25, 0.3) is 0 Å². The third-order valence-corrected chi connectivity index (χ3v) is 3.22. The molecule has 0 radical (unpaired) electrons. The molecule has 2 atom stereocenters. The van der Waals surface area contributed by atoms with Gasteiger partial charge in [0, 0.05) is 6.04 Å².